The van der Waals surface area contributed by atoms with Crippen LogP contribution in [0.5, 0.6) is 0 Å². The number of hydrazine groups is 2. The van der Waals surface area contributed by atoms with Crippen LogP contribution in [0.25, 0.3) is 0 Å². The summed E-state index contributed by atoms with van der Waals surface area (Å²) in [4.78, 5) is 14.4. The first kappa shape index (κ1) is 13.4. The number of anilines is 3. The highest BCUT2D eigenvalue weighted by atomic mass is 15.4. The first-order chi connectivity index (χ1) is 7.99. The Morgan fingerprint density at radius 2 is 1.29 bits per heavy atom. The minimum atomic E-state index is 0.258. The molecule has 0 radical (unpaired) electrons. The molecule has 6 N–H and O–H groups in total. The summed E-state index contributed by atoms with van der Waals surface area (Å²) in [7, 11) is 0. The summed E-state index contributed by atoms with van der Waals surface area (Å²) in [5.41, 5.74) is 4.78. The second-order valence-electron chi connectivity index (χ2n) is 4.17. The van der Waals surface area contributed by atoms with Crippen LogP contribution in [-0.2, 0) is 0 Å². The van der Waals surface area contributed by atoms with Crippen LogP contribution in [0.4, 0.5) is 17.8 Å². The zero-order chi connectivity index (χ0) is 13.0. The molecule has 1 heterocycles. The second-order valence-corrected chi connectivity index (χ2v) is 4.17. The largest absolute Gasteiger partial charge is 0.336 e. The van der Waals surface area contributed by atoms with Crippen LogP contribution in [0.3, 0.4) is 0 Å². The Morgan fingerprint density at radius 3 is 1.59 bits per heavy atom. The van der Waals surface area contributed by atoms with Crippen LogP contribution in [-0.4, -0.2) is 27.0 Å². The summed E-state index contributed by atoms with van der Waals surface area (Å²) < 4.78 is 0. The first-order valence-corrected chi connectivity index (χ1v) is 5.47. The van der Waals surface area contributed by atoms with Gasteiger partial charge in [-0.1, -0.05) is 0 Å². The lowest BCUT2D eigenvalue weighted by Crippen LogP contribution is -2.38. The molecule has 0 fully saturated rings. The van der Waals surface area contributed by atoms with Crippen molar-refractivity contribution in [3.8, 4) is 0 Å². The zero-order valence-corrected chi connectivity index (χ0v) is 10.6. The van der Waals surface area contributed by atoms with Crippen LogP contribution in [0.1, 0.15) is 27.7 Å². The monoisotopic (exact) mass is 240 g/mol. The molecule has 8 nitrogen and oxygen atoms in total. The van der Waals surface area contributed by atoms with E-state index in [1.165, 1.54) is 0 Å². The third kappa shape index (κ3) is 3.14. The van der Waals surface area contributed by atoms with Crippen molar-refractivity contribution in [1.29, 1.82) is 0 Å². The van der Waals surface area contributed by atoms with Gasteiger partial charge in [0, 0.05) is 12.1 Å². The summed E-state index contributed by atoms with van der Waals surface area (Å²) in [5, 5.41) is 0. The molecule has 0 aromatic carbocycles. The molecule has 1 rings (SSSR count). The molecule has 1 aromatic heterocycles. The van der Waals surface area contributed by atoms with Gasteiger partial charge >= 0.3 is 0 Å². The normalized spacial score (nSPS) is 10.8. The summed E-state index contributed by atoms with van der Waals surface area (Å²) in [6, 6.07) is 0.516. The predicted molar refractivity (Wildman–Crippen MR) is 68.2 cm³/mol. The molecule has 8 heteroatoms. The van der Waals surface area contributed by atoms with E-state index < -0.39 is 0 Å². The molecule has 0 amide bonds. The molecule has 0 aliphatic carbocycles. The van der Waals surface area contributed by atoms with Crippen LogP contribution in [0.15, 0.2) is 0 Å². The van der Waals surface area contributed by atoms with Crippen molar-refractivity contribution >= 4 is 17.8 Å². The molecule has 1 aromatic rings. The van der Waals surface area contributed by atoms with Gasteiger partial charge in [-0.3, -0.25) is 10.9 Å². The standard InChI is InChI=1S/C9H20N8/c1-5(2)17(6(3)4)9-13-7(15-10)12-8(14-9)16-11/h5-6H,10-11H2,1-4H3,(H2,12,13,14,15,16). The third-order valence-electron chi connectivity index (χ3n) is 2.23. The van der Waals surface area contributed by atoms with Crippen molar-refractivity contribution < 1.29 is 0 Å². The molecule has 0 unspecified atom stereocenters. The number of hydrogen-bond acceptors (Lipinski definition) is 8. The maximum atomic E-state index is 5.30. The zero-order valence-electron chi connectivity index (χ0n) is 10.6. The lowest BCUT2D eigenvalue weighted by molar-refractivity contribution is 0.590. The topological polar surface area (TPSA) is 118 Å². The third-order valence-corrected chi connectivity index (χ3v) is 2.23. The molecule has 0 aliphatic rings. The van der Waals surface area contributed by atoms with E-state index in [1.807, 2.05) is 4.90 Å². The van der Waals surface area contributed by atoms with E-state index in [4.69, 9.17) is 11.7 Å². The van der Waals surface area contributed by atoms with E-state index in [0.717, 1.165) is 0 Å². The SMILES string of the molecule is CC(C)N(c1nc(NN)nc(NN)n1)C(C)C. The smallest absolute Gasteiger partial charge is 0.243 e. The molecule has 17 heavy (non-hydrogen) atoms. The van der Waals surface area contributed by atoms with Gasteiger partial charge in [0.2, 0.25) is 17.8 Å². The minimum Gasteiger partial charge on any atom is -0.336 e. The molecule has 96 valence electrons. The van der Waals surface area contributed by atoms with Gasteiger partial charge in [0.1, 0.15) is 0 Å². The second kappa shape index (κ2) is 5.60. The Morgan fingerprint density at radius 1 is 0.882 bits per heavy atom. The van der Waals surface area contributed by atoms with Crippen molar-refractivity contribution in [2.45, 2.75) is 39.8 Å². The van der Waals surface area contributed by atoms with E-state index >= 15 is 0 Å². The molecule has 0 saturated heterocycles. The van der Waals surface area contributed by atoms with Crippen molar-refractivity contribution in [1.82, 2.24) is 15.0 Å². The first-order valence-electron chi connectivity index (χ1n) is 5.47. The van der Waals surface area contributed by atoms with Gasteiger partial charge in [0.15, 0.2) is 0 Å². The van der Waals surface area contributed by atoms with E-state index in [1.54, 1.807) is 0 Å². The highest BCUT2D eigenvalue weighted by molar-refractivity contribution is 5.43. The van der Waals surface area contributed by atoms with E-state index in [2.05, 4.69) is 53.5 Å². The summed E-state index contributed by atoms with van der Waals surface area (Å²) in [6.45, 7) is 8.26. The van der Waals surface area contributed by atoms with Gasteiger partial charge < -0.3 is 4.90 Å². The maximum absolute atomic E-state index is 5.30. The molecular weight excluding hydrogens is 220 g/mol. The van der Waals surface area contributed by atoms with Crippen LogP contribution in [0.2, 0.25) is 0 Å². The number of nitrogens with two attached hydrogens (primary N) is 2. The van der Waals surface area contributed by atoms with Gasteiger partial charge in [-0.05, 0) is 27.7 Å². The van der Waals surface area contributed by atoms with Crippen LogP contribution in [0, 0.1) is 0 Å². The van der Waals surface area contributed by atoms with E-state index in [9.17, 15) is 0 Å². The fraction of sp³-hybridized carbons (Fsp3) is 0.667. The van der Waals surface area contributed by atoms with Crippen molar-refractivity contribution in [2.24, 2.45) is 11.7 Å². The van der Waals surface area contributed by atoms with Gasteiger partial charge in [0.05, 0.1) is 0 Å². The van der Waals surface area contributed by atoms with Gasteiger partial charge in [0.25, 0.3) is 0 Å². The number of aromatic nitrogens is 3. The number of nitrogens with one attached hydrogen (secondary N) is 2. The Labute approximate surface area is 101 Å². The highest BCUT2D eigenvalue weighted by Crippen LogP contribution is 2.17. The average Bonchev–Trinajstić information content (AvgIpc) is 2.27. The van der Waals surface area contributed by atoms with Crippen molar-refractivity contribution in [3.63, 3.8) is 0 Å². The molecule has 0 saturated carbocycles. The van der Waals surface area contributed by atoms with E-state index in [-0.39, 0.29) is 24.0 Å². The van der Waals surface area contributed by atoms with Crippen LogP contribution >= 0.6 is 0 Å². The van der Waals surface area contributed by atoms with Gasteiger partial charge in [-0.25, -0.2) is 11.7 Å². The van der Waals surface area contributed by atoms with Crippen molar-refractivity contribution in [3.05, 3.63) is 0 Å². The van der Waals surface area contributed by atoms with Gasteiger partial charge in [-0.2, -0.15) is 15.0 Å². The number of rotatable bonds is 5. The average molecular weight is 240 g/mol. The van der Waals surface area contributed by atoms with Gasteiger partial charge in [-0.15, -0.1) is 0 Å². The van der Waals surface area contributed by atoms with E-state index in [0.29, 0.717) is 5.95 Å². The molecule has 0 atom stereocenters. The summed E-state index contributed by atoms with van der Waals surface area (Å²) in [5.74, 6) is 11.7. The Hall–Kier alpha value is -1.67. The summed E-state index contributed by atoms with van der Waals surface area (Å²) >= 11 is 0. The molecule has 0 aliphatic heterocycles. The predicted octanol–water partition coefficient (Wildman–Crippen LogP) is 0.0660. The Balaban J connectivity index is 3.17. The molecule has 0 bridgehead atoms. The molecule has 0 spiro atoms. The fourth-order valence-corrected chi connectivity index (χ4v) is 1.67. The fourth-order valence-electron chi connectivity index (χ4n) is 1.67. The summed E-state index contributed by atoms with van der Waals surface area (Å²) in [6.07, 6.45) is 0. The Bertz CT molecular complexity index is 334. The number of hydrogen-bond donors (Lipinski definition) is 4. The highest BCUT2D eigenvalue weighted by Gasteiger charge is 2.18. The maximum Gasteiger partial charge on any atom is 0.243 e. The lowest BCUT2D eigenvalue weighted by Gasteiger charge is -2.30. The minimum absolute atomic E-state index is 0.258. The lowest BCUT2D eigenvalue weighted by atomic mass is 10.2. The van der Waals surface area contributed by atoms with Crippen LogP contribution < -0.4 is 27.4 Å². The molecular formula is C9H20N8. The number of nitrogens with zero attached hydrogens (tertiary/aromatic N) is 4. The quantitative estimate of drug-likeness (QED) is 0.421. The van der Waals surface area contributed by atoms with Crippen molar-refractivity contribution in [2.75, 3.05) is 15.8 Å². The number of nitrogen functional groups attached to an aromatic ring is 2. The Kier molecular flexibility index (Phi) is 4.41.